The number of anilines is 1. The molecule has 0 saturated heterocycles. The van der Waals surface area contributed by atoms with E-state index in [2.05, 4.69) is 10.0 Å². The second kappa shape index (κ2) is 8.46. The second-order valence-electron chi connectivity index (χ2n) is 6.96. The number of nitrogens with one attached hydrogen (secondary N) is 2. The molecule has 0 aliphatic heterocycles. The standard InChI is InChI=1S/C19H22FN3O3S.ClH/c1-19(12-21,14-8-9-14)22-18(24)13-6-10-15(11-7-13)27(25,26)23-17-5-3-2-4-16(17)20;/h2-7,10-11,14,23H,8-9,12,21H2,1H3,(H,22,24);1H. The summed E-state index contributed by atoms with van der Waals surface area (Å²) < 4.78 is 40.7. The molecule has 0 heterocycles. The van der Waals surface area contributed by atoms with Crippen LogP contribution in [0.3, 0.4) is 0 Å². The normalized spacial score (nSPS) is 15.8. The minimum atomic E-state index is -3.96. The Bertz CT molecular complexity index is 949. The van der Waals surface area contributed by atoms with Crippen molar-refractivity contribution in [1.29, 1.82) is 0 Å². The van der Waals surface area contributed by atoms with Crippen LogP contribution >= 0.6 is 12.4 Å². The van der Waals surface area contributed by atoms with Crippen molar-refractivity contribution in [3.63, 3.8) is 0 Å². The fourth-order valence-corrected chi connectivity index (χ4v) is 3.97. The molecule has 6 nitrogen and oxygen atoms in total. The first-order chi connectivity index (χ1) is 12.7. The maximum atomic E-state index is 13.7. The van der Waals surface area contributed by atoms with Gasteiger partial charge >= 0.3 is 0 Å². The van der Waals surface area contributed by atoms with Gasteiger partial charge < -0.3 is 11.1 Å². The topological polar surface area (TPSA) is 101 Å². The molecule has 0 radical (unpaired) electrons. The summed E-state index contributed by atoms with van der Waals surface area (Å²) in [6.45, 7) is 2.25. The molecule has 152 valence electrons. The highest BCUT2D eigenvalue weighted by Crippen LogP contribution is 2.39. The zero-order valence-electron chi connectivity index (χ0n) is 15.3. The predicted octanol–water partition coefficient (Wildman–Crippen LogP) is 2.91. The van der Waals surface area contributed by atoms with Gasteiger partial charge in [-0.1, -0.05) is 12.1 Å². The predicted molar refractivity (Wildman–Crippen MR) is 109 cm³/mol. The van der Waals surface area contributed by atoms with Crippen LogP contribution in [-0.2, 0) is 10.0 Å². The summed E-state index contributed by atoms with van der Waals surface area (Å²) in [4.78, 5) is 12.4. The molecule has 0 bridgehead atoms. The summed E-state index contributed by atoms with van der Waals surface area (Å²) >= 11 is 0. The third kappa shape index (κ3) is 4.81. The monoisotopic (exact) mass is 427 g/mol. The summed E-state index contributed by atoms with van der Waals surface area (Å²) in [5, 5.41) is 2.95. The summed E-state index contributed by atoms with van der Waals surface area (Å²) in [5.74, 6) is -0.602. The van der Waals surface area contributed by atoms with Gasteiger partial charge in [0.05, 0.1) is 16.1 Å². The molecule has 2 aromatic rings. The lowest BCUT2D eigenvalue weighted by Gasteiger charge is -2.29. The minimum Gasteiger partial charge on any atom is -0.345 e. The van der Waals surface area contributed by atoms with Crippen molar-refractivity contribution >= 4 is 34.0 Å². The average Bonchev–Trinajstić information content (AvgIpc) is 3.49. The van der Waals surface area contributed by atoms with E-state index in [-0.39, 0.29) is 28.9 Å². The Morgan fingerprint density at radius 1 is 1.18 bits per heavy atom. The molecular formula is C19H23ClFN3O3S. The third-order valence-corrected chi connectivity index (χ3v) is 6.23. The van der Waals surface area contributed by atoms with Gasteiger partial charge in [0.25, 0.3) is 15.9 Å². The van der Waals surface area contributed by atoms with Gasteiger partial charge in [0.15, 0.2) is 0 Å². The first-order valence-corrected chi connectivity index (χ1v) is 10.1. The van der Waals surface area contributed by atoms with E-state index in [1.54, 1.807) is 0 Å². The zero-order chi connectivity index (χ0) is 19.7. The molecule has 9 heteroatoms. The van der Waals surface area contributed by atoms with Crippen molar-refractivity contribution in [2.75, 3.05) is 11.3 Å². The first kappa shape index (κ1) is 22.1. The molecule has 28 heavy (non-hydrogen) atoms. The van der Waals surface area contributed by atoms with Crippen LogP contribution in [-0.4, -0.2) is 26.4 Å². The molecule has 4 N–H and O–H groups in total. The van der Waals surface area contributed by atoms with Crippen LogP contribution in [0.15, 0.2) is 53.4 Å². The molecule has 0 spiro atoms. The highest BCUT2D eigenvalue weighted by atomic mass is 35.5. The van der Waals surface area contributed by atoms with Crippen LogP contribution in [0.5, 0.6) is 0 Å². The van der Waals surface area contributed by atoms with Gasteiger partial charge in [0.2, 0.25) is 0 Å². The van der Waals surface area contributed by atoms with Crippen molar-refractivity contribution in [2.45, 2.75) is 30.2 Å². The number of carbonyl (C=O) groups is 1. The van der Waals surface area contributed by atoms with Gasteiger partial charge in [-0.15, -0.1) is 12.4 Å². The number of halogens is 2. The Labute approximate surface area is 170 Å². The van der Waals surface area contributed by atoms with E-state index >= 15 is 0 Å². The zero-order valence-corrected chi connectivity index (χ0v) is 16.9. The van der Waals surface area contributed by atoms with Crippen LogP contribution in [0.25, 0.3) is 0 Å². The first-order valence-electron chi connectivity index (χ1n) is 8.65. The van der Waals surface area contributed by atoms with E-state index in [9.17, 15) is 17.6 Å². The average molecular weight is 428 g/mol. The van der Waals surface area contributed by atoms with Crippen LogP contribution < -0.4 is 15.8 Å². The van der Waals surface area contributed by atoms with Gasteiger partial charge in [-0.2, -0.15) is 0 Å². The van der Waals surface area contributed by atoms with Crippen molar-refractivity contribution < 1.29 is 17.6 Å². The van der Waals surface area contributed by atoms with Crippen molar-refractivity contribution in [3.05, 3.63) is 59.9 Å². The van der Waals surface area contributed by atoms with Gasteiger partial charge in [-0.3, -0.25) is 9.52 Å². The van der Waals surface area contributed by atoms with Crippen molar-refractivity contribution in [1.82, 2.24) is 5.32 Å². The van der Waals surface area contributed by atoms with Crippen molar-refractivity contribution in [3.8, 4) is 0 Å². The van der Waals surface area contributed by atoms with E-state index < -0.39 is 21.4 Å². The number of hydrogen-bond acceptors (Lipinski definition) is 4. The largest absolute Gasteiger partial charge is 0.345 e. The summed E-state index contributed by atoms with van der Waals surface area (Å²) in [5.41, 5.74) is 5.54. The fourth-order valence-electron chi connectivity index (χ4n) is 2.90. The van der Waals surface area contributed by atoms with Crippen molar-refractivity contribution in [2.24, 2.45) is 11.7 Å². The number of sulfonamides is 1. The molecule has 1 saturated carbocycles. The highest BCUT2D eigenvalue weighted by Gasteiger charge is 2.41. The molecule has 1 atom stereocenters. The Hall–Kier alpha value is -2.16. The highest BCUT2D eigenvalue weighted by molar-refractivity contribution is 7.92. The number of rotatable bonds is 7. The van der Waals surface area contributed by atoms with E-state index in [1.807, 2.05) is 6.92 Å². The molecule has 1 fully saturated rings. The lowest BCUT2D eigenvalue weighted by atomic mass is 9.95. The second-order valence-corrected chi connectivity index (χ2v) is 8.64. The molecular weight excluding hydrogens is 405 g/mol. The van der Waals surface area contributed by atoms with Gasteiger partial charge in [0, 0.05) is 12.1 Å². The van der Waals surface area contributed by atoms with Crippen LogP contribution in [0, 0.1) is 11.7 Å². The Balaban J connectivity index is 0.00000280. The summed E-state index contributed by atoms with van der Waals surface area (Å²) in [7, 11) is -3.96. The molecule has 1 amide bonds. The number of nitrogens with two attached hydrogens (primary N) is 1. The summed E-state index contributed by atoms with van der Waals surface area (Å²) in [6.07, 6.45) is 2.07. The fraction of sp³-hybridized carbons (Fsp3) is 0.316. The van der Waals surface area contributed by atoms with Crippen LogP contribution in [0.1, 0.15) is 30.1 Å². The van der Waals surface area contributed by atoms with Crippen LogP contribution in [0.4, 0.5) is 10.1 Å². The van der Waals surface area contributed by atoms with E-state index in [4.69, 9.17) is 5.73 Å². The molecule has 1 unspecified atom stereocenters. The molecule has 3 rings (SSSR count). The molecule has 2 aromatic carbocycles. The minimum absolute atomic E-state index is 0. The molecule has 0 aromatic heterocycles. The Kier molecular flexibility index (Phi) is 6.69. The SMILES string of the molecule is CC(CN)(NC(=O)c1ccc(S(=O)(=O)Nc2ccccc2F)cc1)C1CC1.Cl. The number of amides is 1. The van der Waals surface area contributed by atoms with Gasteiger partial charge in [0.1, 0.15) is 5.82 Å². The third-order valence-electron chi connectivity index (χ3n) is 4.85. The Morgan fingerprint density at radius 2 is 1.79 bits per heavy atom. The number of hydrogen-bond donors (Lipinski definition) is 3. The summed E-state index contributed by atoms with van der Waals surface area (Å²) in [6, 6.07) is 11.0. The number of para-hydroxylation sites is 1. The molecule has 1 aliphatic carbocycles. The lowest BCUT2D eigenvalue weighted by Crippen LogP contribution is -2.53. The number of carbonyl (C=O) groups excluding carboxylic acids is 1. The lowest BCUT2D eigenvalue weighted by molar-refractivity contribution is 0.0897. The Morgan fingerprint density at radius 3 is 2.32 bits per heavy atom. The van der Waals surface area contributed by atoms with Crippen LogP contribution in [0.2, 0.25) is 0 Å². The molecule has 1 aliphatic rings. The van der Waals surface area contributed by atoms with Gasteiger partial charge in [-0.25, -0.2) is 12.8 Å². The maximum absolute atomic E-state index is 13.7. The quantitative estimate of drug-likeness (QED) is 0.632. The van der Waals surface area contributed by atoms with Gasteiger partial charge in [-0.05, 0) is 62.1 Å². The van der Waals surface area contributed by atoms with E-state index in [1.165, 1.54) is 48.5 Å². The maximum Gasteiger partial charge on any atom is 0.261 e. The van der Waals surface area contributed by atoms with E-state index in [0.717, 1.165) is 12.8 Å². The van der Waals surface area contributed by atoms with E-state index in [0.29, 0.717) is 18.0 Å². The smallest absolute Gasteiger partial charge is 0.261 e. The number of benzene rings is 2.